The molecule has 132 valence electrons. The molecule has 0 aliphatic carbocycles. The van der Waals surface area contributed by atoms with Gasteiger partial charge in [-0.15, -0.1) is 0 Å². The van der Waals surface area contributed by atoms with Crippen molar-refractivity contribution in [3.63, 3.8) is 0 Å². The van der Waals surface area contributed by atoms with Crippen LogP contribution in [0.15, 0.2) is 65.7 Å². The monoisotopic (exact) mass is 352 g/mol. The first-order chi connectivity index (χ1) is 12.6. The van der Waals surface area contributed by atoms with E-state index in [-0.39, 0.29) is 18.5 Å². The Hall–Kier alpha value is -3.19. The molecule has 3 aromatic heterocycles. The molecule has 4 aromatic rings. The Morgan fingerprint density at radius 1 is 1.12 bits per heavy atom. The number of hydrogen-bond donors (Lipinski definition) is 2. The van der Waals surface area contributed by atoms with E-state index < -0.39 is 12.0 Å². The van der Waals surface area contributed by atoms with E-state index >= 15 is 0 Å². The summed E-state index contributed by atoms with van der Waals surface area (Å²) in [6.07, 6.45) is 2.78. The third kappa shape index (κ3) is 2.93. The largest absolute Gasteiger partial charge is 0.374 e. The molecule has 0 aliphatic heterocycles. The lowest BCUT2D eigenvalue weighted by Gasteiger charge is -2.16. The molecule has 7 heteroatoms. The molecule has 6 nitrogen and oxygen atoms in total. The molecule has 3 heterocycles. The number of fused-ring (bicyclic) bond motifs is 3. The van der Waals surface area contributed by atoms with Crippen LogP contribution in [0.2, 0.25) is 0 Å². The third-order valence-electron chi connectivity index (χ3n) is 4.31. The minimum Gasteiger partial charge on any atom is -0.374 e. The third-order valence-corrected chi connectivity index (χ3v) is 4.31. The van der Waals surface area contributed by atoms with Crippen LogP contribution in [-0.4, -0.2) is 25.3 Å². The summed E-state index contributed by atoms with van der Waals surface area (Å²) in [5.41, 5.74) is 1.51. The van der Waals surface area contributed by atoms with Crippen molar-refractivity contribution in [2.75, 3.05) is 5.32 Å². The van der Waals surface area contributed by atoms with Crippen LogP contribution in [0.5, 0.6) is 0 Å². The summed E-state index contributed by atoms with van der Waals surface area (Å²) in [5.74, 6) is 0.134. The molecule has 0 bridgehead atoms. The maximum Gasteiger partial charge on any atom is 0.275 e. The summed E-state index contributed by atoms with van der Waals surface area (Å²) in [6, 6.07) is 13.2. The van der Waals surface area contributed by atoms with Crippen LogP contribution in [-0.2, 0) is 6.54 Å². The Bertz CT molecular complexity index is 1120. The van der Waals surface area contributed by atoms with Crippen LogP contribution in [0, 0.1) is 5.82 Å². The van der Waals surface area contributed by atoms with Crippen molar-refractivity contribution in [3.8, 4) is 0 Å². The Balaban J connectivity index is 1.67. The molecular weight excluding hydrogens is 335 g/mol. The predicted molar refractivity (Wildman–Crippen MR) is 97.6 cm³/mol. The summed E-state index contributed by atoms with van der Waals surface area (Å²) < 4.78 is 17.0. The fraction of sp³-hybridized carbons (Fsp3) is 0.158. The second-order valence-corrected chi connectivity index (χ2v) is 6.02. The highest BCUT2D eigenvalue weighted by atomic mass is 19.1. The maximum atomic E-state index is 13.8. The number of aliphatic hydroxyl groups excluding tert-OH is 1. The van der Waals surface area contributed by atoms with Gasteiger partial charge in [0.05, 0.1) is 11.0 Å². The van der Waals surface area contributed by atoms with Crippen molar-refractivity contribution >= 4 is 22.4 Å². The summed E-state index contributed by atoms with van der Waals surface area (Å²) in [5, 5.41) is 13.1. The number of halogens is 1. The number of anilines is 1. The Kier molecular flexibility index (Phi) is 4.14. The molecule has 1 unspecified atom stereocenters. The number of rotatable bonds is 5. The van der Waals surface area contributed by atoms with Gasteiger partial charge in [-0.05, 0) is 42.5 Å². The highest BCUT2D eigenvalue weighted by Crippen LogP contribution is 2.17. The SMILES string of the molecule is O=c1c2cccn2c2ccc(F)cc2n1CCC(O)Nc1ccccn1. The van der Waals surface area contributed by atoms with Gasteiger partial charge in [-0.25, -0.2) is 9.37 Å². The Morgan fingerprint density at radius 3 is 2.81 bits per heavy atom. The van der Waals surface area contributed by atoms with Gasteiger partial charge < -0.3 is 19.4 Å². The molecule has 0 fully saturated rings. The topological polar surface area (TPSA) is 71.6 Å². The average Bonchev–Trinajstić information content (AvgIpc) is 3.12. The summed E-state index contributed by atoms with van der Waals surface area (Å²) in [7, 11) is 0. The van der Waals surface area contributed by atoms with E-state index in [0.717, 1.165) is 5.52 Å². The lowest BCUT2D eigenvalue weighted by Crippen LogP contribution is -2.27. The van der Waals surface area contributed by atoms with Crippen LogP contribution in [0.1, 0.15) is 6.42 Å². The van der Waals surface area contributed by atoms with Gasteiger partial charge in [-0.2, -0.15) is 0 Å². The number of pyridine rings is 1. The number of aryl methyl sites for hydroxylation is 1. The second kappa shape index (κ2) is 6.61. The number of aliphatic hydroxyl groups is 1. The molecule has 0 aliphatic rings. The average molecular weight is 352 g/mol. The van der Waals surface area contributed by atoms with Crippen molar-refractivity contribution in [1.82, 2.24) is 14.0 Å². The first-order valence-electron chi connectivity index (χ1n) is 8.28. The summed E-state index contributed by atoms with van der Waals surface area (Å²) >= 11 is 0. The van der Waals surface area contributed by atoms with Gasteiger partial charge in [0.1, 0.15) is 23.4 Å². The number of nitrogens with zero attached hydrogens (tertiary/aromatic N) is 3. The van der Waals surface area contributed by atoms with Crippen molar-refractivity contribution in [2.45, 2.75) is 19.2 Å². The first kappa shape index (κ1) is 16.3. The standard InChI is InChI=1S/C19H17FN4O2/c20-13-6-7-14-16(12-13)24(19(26)15-4-3-10-23(14)15)11-8-18(25)22-17-5-1-2-9-21-17/h1-7,9-10,12,18,25H,8,11H2,(H,21,22). The van der Waals surface area contributed by atoms with Crippen molar-refractivity contribution in [3.05, 3.63) is 77.1 Å². The van der Waals surface area contributed by atoms with Gasteiger partial charge in [-0.1, -0.05) is 6.07 Å². The highest BCUT2D eigenvalue weighted by molar-refractivity contribution is 5.79. The fourth-order valence-electron chi connectivity index (χ4n) is 3.09. The lowest BCUT2D eigenvalue weighted by atomic mass is 10.2. The molecule has 1 atom stereocenters. The van der Waals surface area contributed by atoms with Gasteiger partial charge in [0.25, 0.3) is 5.56 Å². The lowest BCUT2D eigenvalue weighted by molar-refractivity contribution is 0.186. The van der Waals surface area contributed by atoms with Gasteiger partial charge in [-0.3, -0.25) is 4.79 Å². The second-order valence-electron chi connectivity index (χ2n) is 6.02. The van der Waals surface area contributed by atoms with E-state index in [0.29, 0.717) is 16.9 Å². The molecule has 4 rings (SSSR count). The maximum absolute atomic E-state index is 13.8. The van der Waals surface area contributed by atoms with Gasteiger partial charge in [0, 0.05) is 25.4 Å². The van der Waals surface area contributed by atoms with Gasteiger partial charge in [0.15, 0.2) is 0 Å². The molecule has 0 radical (unpaired) electrons. The molecule has 1 aromatic carbocycles. The zero-order valence-electron chi connectivity index (χ0n) is 13.8. The molecule has 2 N–H and O–H groups in total. The Morgan fingerprint density at radius 2 is 2.00 bits per heavy atom. The smallest absolute Gasteiger partial charge is 0.275 e. The fourth-order valence-corrected chi connectivity index (χ4v) is 3.09. The first-order valence-corrected chi connectivity index (χ1v) is 8.28. The van der Waals surface area contributed by atoms with Crippen molar-refractivity contribution in [2.24, 2.45) is 0 Å². The molecule has 0 amide bonds. The van der Waals surface area contributed by atoms with E-state index in [2.05, 4.69) is 10.3 Å². The quantitative estimate of drug-likeness (QED) is 0.542. The van der Waals surface area contributed by atoms with Crippen LogP contribution < -0.4 is 10.9 Å². The van der Waals surface area contributed by atoms with Gasteiger partial charge in [0.2, 0.25) is 0 Å². The van der Waals surface area contributed by atoms with Crippen LogP contribution >= 0.6 is 0 Å². The van der Waals surface area contributed by atoms with Crippen LogP contribution in [0.4, 0.5) is 10.2 Å². The zero-order valence-corrected chi connectivity index (χ0v) is 13.8. The normalized spacial score (nSPS) is 12.5. The summed E-state index contributed by atoms with van der Waals surface area (Å²) in [4.78, 5) is 16.9. The number of benzene rings is 1. The van der Waals surface area contributed by atoms with Gasteiger partial charge >= 0.3 is 0 Å². The molecule has 0 saturated heterocycles. The molecule has 0 spiro atoms. The van der Waals surface area contributed by atoms with Crippen LogP contribution in [0.25, 0.3) is 16.6 Å². The highest BCUT2D eigenvalue weighted by Gasteiger charge is 2.13. The predicted octanol–water partition coefficient (Wildman–Crippen LogP) is 2.61. The Labute approximate surface area is 148 Å². The minimum absolute atomic E-state index is 0.224. The van der Waals surface area contributed by atoms with E-state index in [1.807, 2.05) is 6.07 Å². The van der Waals surface area contributed by atoms with Crippen LogP contribution in [0.3, 0.4) is 0 Å². The minimum atomic E-state index is -0.886. The van der Waals surface area contributed by atoms with E-state index in [4.69, 9.17) is 0 Å². The molecular formula is C19H17FN4O2. The molecule has 26 heavy (non-hydrogen) atoms. The number of aromatic nitrogens is 3. The van der Waals surface area contributed by atoms with Crippen molar-refractivity contribution in [1.29, 1.82) is 0 Å². The van der Waals surface area contributed by atoms with Crippen molar-refractivity contribution < 1.29 is 9.50 Å². The number of hydrogen-bond acceptors (Lipinski definition) is 4. The zero-order chi connectivity index (χ0) is 18.1. The number of nitrogens with one attached hydrogen (secondary N) is 1. The van der Waals surface area contributed by atoms with E-state index in [9.17, 15) is 14.3 Å². The van der Waals surface area contributed by atoms with E-state index in [1.54, 1.807) is 47.1 Å². The molecule has 0 saturated carbocycles. The van der Waals surface area contributed by atoms with E-state index in [1.165, 1.54) is 16.7 Å². The summed E-state index contributed by atoms with van der Waals surface area (Å²) in [6.45, 7) is 0.238.